The lowest BCUT2D eigenvalue weighted by atomic mass is 9.94. The maximum absolute atomic E-state index is 12.1. The van der Waals surface area contributed by atoms with Crippen molar-refractivity contribution in [3.63, 3.8) is 0 Å². The first-order chi connectivity index (χ1) is 7.12. The van der Waals surface area contributed by atoms with Gasteiger partial charge in [-0.2, -0.15) is 17.0 Å². The summed E-state index contributed by atoms with van der Waals surface area (Å²) in [6.07, 6.45) is 3.19. The highest BCUT2D eigenvalue weighted by Crippen LogP contribution is 2.26. The van der Waals surface area contributed by atoms with Crippen molar-refractivity contribution in [3.8, 4) is 0 Å². The van der Waals surface area contributed by atoms with Crippen LogP contribution in [0.15, 0.2) is 0 Å². The second kappa shape index (κ2) is 4.37. The van der Waals surface area contributed by atoms with Crippen molar-refractivity contribution in [2.24, 2.45) is 0 Å². The van der Waals surface area contributed by atoms with Crippen molar-refractivity contribution in [1.82, 2.24) is 13.9 Å². The molecule has 88 valence electrons. The van der Waals surface area contributed by atoms with Gasteiger partial charge in [0.25, 0.3) is 10.2 Å². The minimum absolute atomic E-state index is 0.241. The number of piperazine rings is 1. The van der Waals surface area contributed by atoms with Crippen LogP contribution in [0, 0.1) is 0 Å². The zero-order valence-electron chi connectivity index (χ0n) is 9.15. The molecule has 0 spiro atoms. The van der Waals surface area contributed by atoms with Gasteiger partial charge in [-0.05, 0) is 12.8 Å². The third kappa shape index (κ3) is 2.18. The van der Waals surface area contributed by atoms with E-state index in [-0.39, 0.29) is 6.04 Å². The molecule has 0 atom stereocenters. The predicted molar refractivity (Wildman–Crippen MR) is 58.8 cm³/mol. The van der Waals surface area contributed by atoms with Gasteiger partial charge in [0.2, 0.25) is 0 Å². The zero-order chi connectivity index (χ0) is 10.9. The van der Waals surface area contributed by atoms with Crippen LogP contribution >= 0.6 is 0 Å². The van der Waals surface area contributed by atoms with Gasteiger partial charge in [-0.3, -0.25) is 0 Å². The molecule has 1 aliphatic carbocycles. The fraction of sp³-hybridized carbons (Fsp3) is 1.00. The summed E-state index contributed by atoms with van der Waals surface area (Å²) >= 11 is 0. The summed E-state index contributed by atoms with van der Waals surface area (Å²) < 4.78 is 27.4. The van der Waals surface area contributed by atoms with Gasteiger partial charge in [0.15, 0.2) is 0 Å². The van der Waals surface area contributed by atoms with E-state index in [0.29, 0.717) is 13.1 Å². The second-order valence-electron chi connectivity index (χ2n) is 4.26. The smallest absolute Gasteiger partial charge is 0.282 e. The molecule has 1 aliphatic heterocycles. The molecule has 0 unspecified atom stereocenters. The fourth-order valence-corrected chi connectivity index (χ4v) is 3.59. The lowest BCUT2D eigenvalue weighted by Gasteiger charge is -2.38. The minimum Gasteiger partial charge on any atom is -0.314 e. The number of nitrogens with one attached hydrogen (secondary N) is 1. The highest BCUT2D eigenvalue weighted by molar-refractivity contribution is 7.86. The van der Waals surface area contributed by atoms with E-state index in [0.717, 1.165) is 32.4 Å². The van der Waals surface area contributed by atoms with E-state index in [1.165, 1.54) is 0 Å². The van der Waals surface area contributed by atoms with Crippen LogP contribution in [0.3, 0.4) is 0 Å². The maximum Gasteiger partial charge on any atom is 0.282 e. The first-order valence-electron chi connectivity index (χ1n) is 5.56. The quantitative estimate of drug-likeness (QED) is 0.723. The molecule has 0 radical (unpaired) electrons. The first-order valence-corrected chi connectivity index (χ1v) is 6.96. The monoisotopic (exact) mass is 233 g/mol. The summed E-state index contributed by atoms with van der Waals surface area (Å²) in [5.74, 6) is 0. The lowest BCUT2D eigenvalue weighted by molar-refractivity contribution is 0.227. The Hall–Kier alpha value is -0.170. The molecule has 15 heavy (non-hydrogen) atoms. The Labute approximate surface area is 91.6 Å². The van der Waals surface area contributed by atoms with E-state index in [1.807, 2.05) is 0 Å². The van der Waals surface area contributed by atoms with Crippen LogP contribution in [0.2, 0.25) is 0 Å². The number of rotatable bonds is 3. The molecule has 5 nitrogen and oxygen atoms in total. The van der Waals surface area contributed by atoms with Gasteiger partial charge in [0.05, 0.1) is 0 Å². The Balaban J connectivity index is 2.03. The van der Waals surface area contributed by atoms with Crippen molar-refractivity contribution < 1.29 is 8.42 Å². The Bertz CT molecular complexity index is 299. The van der Waals surface area contributed by atoms with Crippen LogP contribution in [0.1, 0.15) is 19.3 Å². The molecule has 6 heteroatoms. The summed E-state index contributed by atoms with van der Waals surface area (Å²) in [4.78, 5) is 0. The van der Waals surface area contributed by atoms with Crippen LogP contribution in [0.25, 0.3) is 0 Å². The van der Waals surface area contributed by atoms with Gasteiger partial charge in [-0.15, -0.1) is 0 Å². The number of hydrogen-bond donors (Lipinski definition) is 1. The van der Waals surface area contributed by atoms with Crippen molar-refractivity contribution in [1.29, 1.82) is 0 Å². The molecule has 0 aromatic heterocycles. The SMILES string of the molecule is CN(C1CCC1)S(=O)(=O)N1CCNCC1. The van der Waals surface area contributed by atoms with Crippen molar-refractivity contribution in [3.05, 3.63) is 0 Å². The summed E-state index contributed by atoms with van der Waals surface area (Å²) in [6, 6.07) is 0.241. The van der Waals surface area contributed by atoms with Crippen LogP contribution < -0.4 is 5.32 Å². The van der Waals surface area contributed by atoms with Crippen LogP contribution in [-0.4, -0.2) is 56.3 Å². The van der Waals surface area contributed by atoms with Gasteiger partial charge >= 0.3 is 0 Å². The van der Waals surface area contributed by atoms with E-state index >= 15 is 0 Å². The molecule has 2 fully saturated rings. The molecule has 1 saturated carbocycles. The van der Waals surface area contributed by atoms with Gasteiger partial charge in [0.1, 0.15) is 0 Å². The van der Waals surface area contributed by atoms with Gasteiger partial charge in [-0.25, -0.2) is 0 Å². The second-order valence-corrected chi connectivity index (χ2v) is 6.25. The normalized spacial score (nSPS) is 25.5. The average molecular weight is 233 g/mol. The molecule has 2 rings (SSSR count). The molecular formula is C9H19N3O2S. The Morgan fingerprint density at radius 1 is 1.27 bits per heavy atom. The molecule has 0 bridgehead atoms. The Morgan fingerprint density at radius 2 is 1.87 bits per heavy atom. The number of hydrogen-bond acceptors (Lipinski definition) is 3. The van der Waals surface area contributed by atoms with Gasteiger partial charge in [-0.1, -0.05) is 6.42 Å². The lowest BCUT2D eigenvalue weighted by Crippen LogP contribution is -2.54. The predicted octanol–water partition coefficient (Wildman–Crippen LogP) is -0.379. The van der Waals surface area contributed by atoms with Crippen LogP contribution in [0.5, 0.6) is 0 Å². The third-order valence-electron chi connectivity index (χ3n) is 3.36. The van der Waals surface area contributed by atoms with E-state index in [1.54, 1.807) is 15.7 Å². The first kappa shape index (κ1) is 11.3. The van der Waals surface area contributed by atoms with E-state index in [4.69, 9.17) is 0 Å². The van der Waals surface area contributed by atoms with Crippen LogP contribution in [-0.2, 0) is 10.2 Å². The fourth-order valence-electron chi connectivity index (χ4n) is 2.00. The summed E-state index contributed by atoms with van der Waals surface area (Å²) in [7, 11) is -1.49. The minimum atomic E-state index is -3.20. The highest BCUT2D eigenvalue weighted by Gasteiger charge is 2.35. The third-order valence-corrected chi connectivity index (χ3v) is 5.40. The topological polar surface area (TPSA) is 52.7 Å². The Morgan fingerprint density at radius 3 is 2.33 bits per heavy atom. The molecule has 1 N–H and O–H groups in total. The molecule has 1 saturated heterocycles. The van der Waals surface area contributed by atoms with Crippen molar-refractivity contribution in [2.75, 3.05) is 33.2 Å². The zero-order valence-corrected chi connectivity index (χ0v) is 9.96. The highest BCUT2D eigenvalue weighted by atomic mass is 32.2. The maximum atomic E-state index is 12.1. The average Bonchev–Trinajstić information content (AvgIpc) is 2.16. The molecule has 2 aliphatic rings. The van der Waals surface area contributed by atoms with Crippen molar-refractivity contribution in [2.45, 2.75) is 25.3 Å². The molecular weight excluding hydrogens is 214 g/mol. The standard InChI is InChI=1S/C9H19N3O2S/c1-11(9-3-2-4-9)15(13,14)12-7-5-10-6-8-12/h9-10H,2-8H2,1H3. The molecule has 0 aromatic rings. The molecule has 0 amide bonds. The van der Waals surface area contributed by atoms with E-state index in [9.17, 15) is 8.42 Å². The van der Waals surface area contributed by atoms with E-state index in [2.05, 4.69) is 5.32 Å². The van der Waals surface area contributed by atoms with Gasteiger partial charge < -0.3 is 5.32 Å². The molecule has 1 heterocycles. The summed E-state index contributed by atoms with van der Waals surface area (Å²) in [5, 5.41) is 3.16. The number of nitrogens with zero attached hydrogens (tertiary/aromatic N) is 2. The largest absolute Gasteiger partial charge is 0.314 e. The summed E-state index contributed by atoms with van der Waals surface area (Å²) in [5.41, 5.74) is 0. The van der Waals surface area contributed by atoms with Gasteiger partial charge in [0, 0.05) is 39.3 Å². The van der Waals surface area contributed by atoms with Crippen molar-refractivity contribution >= 4 is 10.2 Å². The van der Waals surface area contributed by atoms with E-state index < -0.39 is 10.2 Å². The van der Waals surface area contributed by atoms with Crippen LogP contribution in [0.4, 0.5) is 0 Å². The Kier molecular flexibility index (Phi) is 3.30. The summed E-state index contributed by atoms with van der Waals surface area (Å²) in [6.45, 7) is 2.72. The molecule has 0 aromatic carbocycles.